The molecule has 0 radical (unpaired) electrons. The van der Waals surface area contributed by atoms with Crippen LogP contribution in [0.25, 0.3) is 0 Å². The second kappa shape index (κ2) is 8.91. The fourth-order valence-corrected chi connectivity index (χ4v) is 3.35. The average Bonchev–Trinajstić information content (AvgIpc) is 3.06. The maximum absolute atomic E-state index is 12.3. The molecule has 1 N–H and O–H groups in total. The summed E-state index contributed by atoms with van der Waals surface area (Å²) < 4.78 is 5.72. The first kappa shape index (κ1) is 19.2. The maximum Gasteiger partial charge on any atom is 0.227 e. The van der Waals surface area contributed by atoms with Crippen molar-refractivity contribution in [2.24, 2.45) is 0 Å². The third-order valence-corrected chi connectivity index (χ3v) is 4.72. The van der Waals surface area contributed by atoms with Crippen LogP contribution in [0.3, 0.4) is 0 Å². The number of hydrogen-bond donors (Lipinski definition) is 1. The fourth-order valence-electron chi connectivity index (χ4n) is 3.12. The summed E-state index contributed by atoms with van der Waals surface area (Å²) in [5, 5.41) is 3.60. The maximum atomic E-state index is 12.3. The monoisotopic (exact) mass is 386 g/mol. The average molecular weight is 387 g/mol. The van der Waals surface area contributed by atoms with Gasteiger partial charge in [-0.1, -0.05) is 23.7 Å². The number of nitrogens with one attached hydrogen (secondary N) is 1. The molecule has 0 unspecified atom stereocenters. The van der Waals surface area contributed by atoms with Crippen molar-refractivity contribution in [3.05, 3.63) is 53.1 Å². The molecule has 1 aliphatic rings. The van der Waals surface area contributed by atoms with Gasteiger partial charge >= 0.3 is 0 Å². The zero-order valence-corrected chi connectivity index (χ0v) is 16.1. The number of carbonyl (C=O) groups excluding carboxylic acids is 2. The zero-order chi connectivity index (χ0) is 19.2. The number of anilines is 2. The molecule has 1 saturated heterocycles. The quantitative estimate of drug-likeness (QED) is 0.709. The van der Waals surface area contributed by atoms with Gasteiger partial charge in [0.05, 0.1) is 18.0 Å². The van der Waals surface area contributed by atoms with Gasteiger partial charge in [-0.2, -0.15) is 0 Å². The van der Waals surface area contributed by atoms with Gasteiger partial charge in [-0.05, 0) is 55.7 Å². The van der Waals surface area contributed by atoms with Gasteiger partial charge in [-0.15, -0.1) is 0 Å². The van der Waals surface area contributed by atoms with E-state index in [-0.39, 0.29) is 11.8 Å². The third kappa shape index (κ3) is 5.01. The second-order valence-corrected chi connectivity index (χ2v) is 7.01. The molecule has 27 heavy (non-hydrogen) atoms. The van der Waals surface area contributed by atoms with E-state index in [1.54, 1.807) is 11.0 Å². The Labute approximate surface area is 164 Å². The van der Waals surface area contributed by atoms with E-state index in [0.29, 0.717) is 43.1 Å². The molecular formula is C21H23ClN2O3. The Hall–Kier alpha value is -2.53. The number of benzene rings is 2. The molecular weight excluding hydrogens is 364 g/mol. The molecule has 0 aromatic heterocycles. The first-order valence-electron chi connectivity index (χ1n) is 9.13. The summed E-state index contributed by atoms with van der Waals surface area (Å²) in [6, 6.07) is 12.9. The summed E-state index contributed by atoms with van der Waals surface area (Å²) in [4.78, 5) is 26.0. The van der Waals surface area contributed by atoms with E-state index in [2.05, 4.69) is 5.32 Å². The molecule has 5 nitrogen and oxygen atoms in total. The molecule has 6 heteroatoms. The molecule has 1 aliphatic heterocycles. The number of carbonyl (C=O) groups is 2. The molecule has 142 valence electrons. The van der Waals surface area contributed by atoms with Crippen LogP contribution in [-0.4, -0.2) is 25.0 Å². The van der Waals surface area contributed by atoms with E-state index < -0.39 is 0 Å². The number of ether oxygens (including phenoxy) is 1. The highest BCUT2D eigenvalue weighted by Crippen LogP contribution is 2.29. The van der Waals surface area contributed by atoms with Crippen LogP contribution in [0.15, 0.2) is 42.5 Å². The van der Waals surface area contributed by atoms with E-state index in [4.69, 9.17) is 16.3 Å². The van der Waals surface area contributed by atoms with Crippen LogP contribution in [0.2, 0.25) is 5.02 Å². The Morgan fingerprint density at radius 3 is 2.81 bits per heavy atom. The molecule has 0 bridgehead atoms. The lowest BCUT2D eigenvalue weighted by Crippen LogP contribution is -2.25. The van der Waals surface area contributed by atoms with Gasteiger partial charge in [0.2, 0.25) is 11.8 Å². The Bertz CT molecular complexity index is 838. The smallest absolute Gasteiger partial charge is 0.227 e. The Morgan fingerprint density at radius 2 is 2.07 bits per heavy atom. The minimum absolute atomic E-state index is 0.0921. The van der Waals surface area contributed by atoms with Crippen LogP contribution in [0.5, 0.6) is 5.75 Å². The van der Waals surface area contributed by atoms with Gasteiger partial charge in [0, 0.05) is 24.4 Å². The van der Waals surface area contributed by atoms with Crippen LogP contribution in [0, 0.1) is 6.92 Å². The highest BCUT2D eigenvalue weighted by atomic mass is 35.5. The van der Waals surface area contributed by atoms with Crippen molar-refractivity contribution < 1.29 is 14.3 Å². The van der Waals surface area contributed by atoms with Crippen molar-refractivity contribution in [2.75, 3.05) is 23.4 Å². The predicted octanol–water partition coefficient (Wildman–Crippen LogP) is 4.57. The number of halogens is 1. The lowest BCUT2D eigenvalue weighted by atomic mass is 10.2. The van der Waals surface area contributed by atoms with E-state index in [9.17, 15) is 9.59 Å². The standard InChI is InChI=1S/C21H23ClN2O3/c1-15-14-16(22)10-11-19(15)27-13-5-8-20(25)23-17-6-2-3-7-18(17)24-12-4-9-21(24)26/h2-3,6-7,10-11,14H,4-5,8-9,12-13H2,1H3,(H,23,25). The number of aryl methyl sites for hydroxylation is 1. The molecule has 0 aliphatic carbocycles. The SMILES string of the molecule is Cc1cc(Cl)ccc1OCCCC(=O)Nc1ccccc1N1CCCC1=O. The lowest BCUT2D eigenvalue weighted by molar-refractivity contribution is -0.117. The minimum Gasteiger partial charge on any atom is -0.493 e. The van der Waals surface area contributed by atoms with Crippen molar-refractivity contribution in [3.63, 3.8) is 0 Å². The number of amides is 2. The van der Waals surface area contributed by atoms with Crippen molar-refractivity contribution in [3.8, 4) is 5.75 Å². The van der Waals surface area contributed by atoms with E-state index in [1.165, 1.54) is 0 Å². The van der Waals surface area contributed by atoms with E-state index in [0.717, 1.165) is 23.4 Å². The predicted molar refractivity (Wildman–Crippen MR) is 108 cm³/mol. The first-order chi connectivity index (χ1) is 13.0. The minimum atomic E-state index is -0.0921. The van der Waals surface area contributed by atoms with Gasteiger partial charge in [-0.25, -0.2) is 0 Å². The van der Waals surface area contributed by atoms with Gasteiger partial charge in [0.15, 0.2) is 0 Å². The molecule has 1 heterocycles. The number of nitrogens with zero attached hydrogens (tertiary/aromatic N) is 1. The highest BCUT2D eigenvalue weighted by molar-refractivity contribution is 6.30. The molecule has 2 aromatic rings. The first-order valence-corrected chi connectivity index (χ1v) is 9.50. The van der Waals surface area contributed by atoms with Gasteiger partial charge < -0.3 is 15.0 Å². The Balaban J connectivity index is 1.50. The topological polar surface area (TPSA) is 58.6 Å². The van der Waals surface area contributed by atoms with Crippen molar-refractivity contribution in [1.82, 2.24) is 0 Å². The van der Waals surface area contributed by atoms with Gasteiger partial charge in [0.25, 0.3) is 0 Å². The molecule has 2 amide bonds. The van der Waals surface area contributed by atoms with Crippen LogP contribution in [0.1, 0.15) is 31.2 Å². The van der Waals surface area contributed by atoms with E-state index >= 15 is 0 Å². The molecule has 3 rings (SSSR count). The van der Waals surface area contributed by atoms with Crippen LogP contribution >= 0.6 is 11.6 Å². The van der Waals surface area contributed by atoms with Gasteiger partial charge in [-0.3, -0.25) is 9.59 Å². The lowest BCUT2D eigenvalue weighted by Gasteiger charge is -2.20. The summed E-state index contributed by atoms with van der Waals surface area (Å²) in [5.74, 6) is 0.784. The number of para-hydroxylation sites is 2. The molecule has 2 aromatic carbocycles. The second-order valence-electron chi connectivity index (χ2n) is 6.58. The third-order valence-electron chi connectivity index (χ3n) is 4.49. The van der Waals surface area contributed by atoms with E-state index in [1.807, 2.05) is 43.3 Å². The summed E-state index contributed by atoms with van der Waals surface area (Å²) in [6.07, 6.45) is 2.35. The summed E-state index contributed by atoms with van der Waals surface area (Å²) in [5.41, 5.74) is 2.41. The van der Waals surface area contributed by atoms with Crippen LogP contribution in [0.4, 0.5) is 11.4 Å². The molecule has 1 fully saturated rings. The summed E-state index contributed by atoms with van der Waals surface area (Å²) in [7, 11) is 0. The van der Waals surface area contributed by atoms with Crippen LogP contribution < -0.4 is 15.0 Å². The fraction of sp³-hybridized carbons (Fsp3) is 0.333. The largest absolute Gasteiger partial charge is 0.493 e. The highest BCUT2D eigenvalue weighted by Gasteiger charge is 2.24. The molecule has 0 saturated carbocycles. The summed E-state index contributed by atoms with van der Waals surface area (Å²) >= 11 is 5.93. The van der Waals surface area contributed by atoms with Gasteiger partial charge in [0.1, 0.15) is 5.75 Å². The number of rotatable bonds is 7. The van der Waals surface area contributed by atoms with Crippen molar-refractivity contribution in [2.45, 2.75) is 32.6 Å². The summed E-state index contributed by atoms with van der Waals surface area (Å²) in [6.45, 7) is 3.08. The number of hydrogen-bond acceptors (Lipinski definition) is 3. The molecule has 0 atom stereocenters. The Kier molecular flexibility index (Phi) is 6.35. The van der Waals surface area contributed by atoms with Crippen LogP contribution in [-0.2, 0) is 9.59 Å². The zero-order valence-electron chi connectivity index (χ0n) is 15.3. The molecule has 0 spiro atoms. The Morgan fingerprint density at radius 1 is 1.26 bits per heavy atom. The van der Waals surface area contributed by atoms with Crippen molar-refractivity contribution in [1.29, 1.82) is 0 Å². The normalized spacial score (nSPS) is 13.7. The van der Waals surface area contributed by atoms with Crippen molar-refractivity contribution >= 4 is 34.8 Å².